The maximum atomic E-state index is 16.7. The number of hydrogen-bond donors (Lipinski definition) is 2. The summed E-state index contributed by atoms with van der Waals surface area (Å²) >= 11 is 0. The molecule has 2 bridgehead atoms. The second-order valence-electron chi connectivity index (χ2n) is 12.8. The van der Waals surface area contributed by atoms with E-state index in [4.69, 9.17) is 14.5 Å². The third kappa shape index (κ3) is 5.78. The maximum Gasteiger partial charge on any atom is 0.410 e. The molecular weight excluding hydrogens is 597 g/mol. The van der Waals surface area contributed by atoms with Crippen molar-refractivity contribution in [1.29, 1.82) is 0 Å². The Morgan fingerprint density at radius 3 is 2.53 bits per heavy atom. The van der Waals surface area contributed by atoms with Crippen molar-refractivity contribution in [2.45, 2.75) is 50.4 Å². The Morgan fingerprint density at radius 1 is 0.915 bits per heavy atom. The summed E-state index contributed by atoms with van der Waals surface area (Å²) in [5, 5.41) is 16.4. The topological polar surface area (TPSA) is 100 Å². The molecule has 240 valence electrons. The molecule has 3 saturated heterocycles. The lowest BCUT2D eigenvalue weighted by atomic mass is 9.96. The zero-order chi connectivity index (χ0) is 31.9. The number of carbonyl (C=O) groups excluding carboxylic acids is 1. The molecule has 47 heavy (non-hydrogen) atoms. The number of benzene rings is 4. The highest BCUT2D eigenvalue weighted by atomic mass is 19.1. The SMILES string of the molecule is O=C(OCc1ccccc1)N1CCC[C@H]1COc1nc(N2C[C@H]3CC[C@@H](C2)N3)c2ccc(-c3cc(O)cc4ccccc34)c(F)c2n1. The fourth-order valence-corrected chi connectivity index (χ4v) is 7.35. The molecule has 0 saturated carbocycles. The van der Waals surface area contributed by atoms with E-state index >= 15 is 4.39 Å². The minimum absolute atomic E-state index is 0.0605. The largest absolute Gasteiger partial charge is 0.508 e. The molecule has 10 heteroatoms. The minimum atomic E-state index is -0.503. The lowest BCUT2D eigenvalue weighted by molar-refractivity contribution is 0.0813. The monoisotopic (exact) mass is 633 g/mol. The molecule has 1 amide bonds. The highest BCUT2D eigenvalue weighted by Crippen LogP contribution is 2.39. The zero-order valence-electron chi connectivity index (χ0n) is 25.9. The van der Waals surface area contributed by atoms with Crippen LogP contribution in [0.25, 0.3) is 32.8 Å². The molecule has 0 aliphatic carbocycles. The van der Waals surface area contributed by atoms with E-state index < -0.39 is 5.82 Å². The summed E-state index contributed by atoms with van der Waals surface area (Å²) in [7, 11) is 0. The Balaban J connectivity index is 1.12. The number of halogens is 1. The number of hydrogen-bond acceptors (Lipinski definition) is 8. The van der Waals surface area contributed by atoms with Crippen LogP contribution >= 0.6 is 0 Å². The fourth-order valence-electron chi connectivity index (χ4n) is 7.35. The predicted octanol–water partition coefficient (Wildman–Crippen LogP) is 6.42. The molecule has 0 unspecified atom stereocenters. The van der Waals surface area contributed by atoms with E-state index in [2.05, 4.69) is 15.2 Å². The van der Waals surface area contributed by atoms with Crippen molar-refractivity contribution in [3.63, 3.8) is 0 Å². The summed E-state index contributed by atoms with van der Waals surface area (Å²) in [4.78, 5) is 26.4. The molecule has 3 atom stereocenters. The van der Waals surface area contributed by atoms with Crippen molar-refractivity contribution in [2.75, 3.05) is 31.1 Å². The summed E-state index contributed by atoms with van der Waals surface area (Å²) in [5.74, 6) is 0.197. The molecule has 5 aromatic rings. The number of piperazine rings is 1. The Hall–Kier alpha value is -4.96. The minimum Gasteiger partial charge on any atom is -0.508 e. The molecule has 4 aromatic carbocycles. The van der Waals surface area contributed by atoms with E-state index in [-0.39, 0.29) is 42.6 Å². The number of fused-ring (bicyclic) bond motifs is 4. The molecule has 3 fully saturated rings. The summed E-state index contributed by atoms with van der Waals surface area (Å²) in [6.07, 6.45) is 3.39. The molecule has 3 aliphatic rings. The van der Waals surface area contributed by atoms with Gasteiger partial charge in [-0.1, -0.05) is 60.7 Å². The van der Waals surface area contributed by atoms with Crippen LogP contribution in [0.5, 0.6) is 11.8 Å². The first kappa shape index (κ1) is 29.4. The van der Waals surface area contributed by atoms with Gasteiger partial charge in [-0.05, 0) is 65.8 Å². The smallest absolute Gasteiger partial charge is 0.410 e. The van der Waals surface area contributed by atoms with E-state index in [0.717, 1.165) is 55.1 Å². The van der Waals surface area contributed by atoms with E-state index in [0.29, 0.717) is 41.0 Å². The number of aromatic nitrogens is 2. The summed E-state index contributed by atoms with van der Waals surface area (Å²) in [6.45, 7) is 2.45. The number of carbonyl (C=O) groups is 1. The quantitative estimate of drug-likeness (QED) is 0.212. The first-order chi connectivity index (χ1) is 23.0. The van der Waals surface area contributed by atoms with Gasteiger partial charge in [0.25, 0.3) is 0 Å². The number of phenols is 1. The van der Waals surface area contributed by atoms with E-state index in [1.807, 2.05) is 60.7 Å². The van der Waals surface area contributed by atoms with Crippen LogP contribution in [-0.4, -0.2) is 70.4 Å². The molecule has 3 aliphatic heterocycles. The standard InChI is InChI=1S/C37H36FN5O4/c38-33-30(32-18-28(44)17-24-9-4-5-11-29(24)32)14-15-31-34(33)40-36(41-35(31)42-19-25-12-13-26(20-42)39-25)46-22-27-10-6-16-43(27)37(45)47-21-23-7-2-1-3-8-23/h1-5,7-9,11,14-15,17-18,25-27,39,44H,6,10,12-13,16,19-22H2/t25-,26+,27-/m0/s1. The van der Waals surface area contributed by atoms with Gasteiger partial charge in [-0.3, -0.25) is 0 Å². The summed E-state index contributed by atoms with van der Waals surface area (Å²) < 4.78 is 28.5. The highest BCUT2D eigenvalue weighted by molar-refractivity contribution is 6.01. The van der Waals surface area contributed by atoms with E-state index in [1.54, 1.807) is 23.1 Å². The molecule has 0 spiro atoms. The van der Waals surface area contributed by atoms with Gasteiger partial charge >= 0.3 is 12.1 Å². The molecule has 1 aromatic heterocycles. The number of rotatable bonds is 7. The molecule has 0 radical (unpaired) electrons. The third-order valence-corrected chi connectivity index (χ3v) is 9.64. The Morgan fingerprint density at radius 2 is 1.70 bits per heavy atom. The van der Waals surface area contributed by atoms with Crippen molar-refractivity contribution >= 4 is 33.6 Å². The summed E-state index contributed by atoms with van der Waals surface area (Å²) in [6, 6.07) is 24.6. The number of amides is 1. The Labute approximate surface area is 271 Å². The predicted molar refractivity (Wildman–Crippen MR) is 178 cm³/mol. The molecular formula is C37H36FN5O4. The summed E-state index contributed by atoms with van der Waals surface area (Å²) in [5.41, 5.74) is 2.00. The molecule has 8 rings (SSSR count). The van der Waals surface area contributed by atoms with E-state index in [1.165, 1.54) is 0 Å². The van der Waals surface area contributed by atoms with Crippen LogP contribution < -0.4 is 15.0 Å². The first-order valence-corrected chi connectivity index (χ1v) is 16.3. The number of nitrogens with one attached hydrogen (secondary N) is 1. The van der Waals surface area contributed by atoms with Crippen molar-refractivity contribution in [3.8, 4) is 22.9 Å². The first-order valence-electron chi connectivity index (χ1n) is 16.3. The van der Waals surface area contributed by atoms with Gasteiger partial charge < -0.3 is 29.7 Å². The van der Waals surface area contributed by atoms with Gasteiger partial charge in [-0.25, -0.2) is 9.18 Å². The van der Waals surface area contributed by atoms with Gasteiger partial charge in [0.15, 0.2) is 5.82 Å². The molecule has 4 heterocycles. The number of likely N-dealkylation sites (tertiary alicyclic amines) is 1. The lowest BCUT2D eigenvalue weighted by Gasteiger charge is -2.34. The third-order valence-electron chi connectivity index (χ3n) is 9.64. The van der Waals surface area contributed by atoms with Crippen molar-refractivity contribution in [2.24, 2.45) is 0 Å². The van der Waals surface area contributed by atoms with Crippen molar-refractivity contribution in [3.05, 3.63) is 90.2 Å². The fraction of sp³-hybridized carbons (Fsp3) is 0.324. The number of aromatic hydroxyl groups is 1. The normalized spacial score (nSPS) is 20.7. The second-order valence-corrected chi connectivity index (χ2v) is 12.8. The van der Waals surface area contributed by atoms with Gasteiger partial charge in [0.05, 0.1) is 6.04 Å². The van der Waals surface area contributed by atoms with Crippen LogP contribution in [0.1, 0.15) is 31.2 Å². The van der Waals surface area contributed by atoms with Gasteiger partial charge in [0.2, 0.25) is 0 Å². The van der Waals surface area contributed by atoms with Crippen LogP contribution in [0.3, 0.4) is 0 Å². The van der Waals surface area contributed by atoms with Crippen LogP contribution in [0.4, 0.5) is 15.0 Å². The van der Waals surface area contributed by atoms with Crippen LogP contribution in [-0.2, 0) is 11.3 Å². The number of phenolic OH excluding ortho intramolecular Hbond substituents is 1. The average Bonchev–Trinajstić information content (AvgIpc) is 3.71. The van der Waals surface area contributed by atoms with Crippen LogP contribution in [0.15, 0.2) is 78.9 Å². The Bertz CT molecular complexity index is 1940. The van der Waals surface area contributed by atoms with Gasteiger partial charge in [0, 0.05) is 42.7 Å². The van der Waals surface area contributed by atoms with Crippen LogP contribution in [0, 0.1) is 5.82 Å². The van der Waals surface area contributed by atoms with Crippen molar-refractivity contribution in [1.82, 2.24) is 20.2 Å². The number of nitrogens with zero attached hydrogens (tertiary/aromatic N) is 4. The molecule has 2 N–H and O–H groups in total. The Kier molecular flexibility index (Phi) is 7.73. The van der Waals surface area contributed by atoms with E-state index in [9.17, 15) is 9.90 Å². The zero-order valence-corrected chi connectivity index (χ0v) is 25.9. The van der Waals surface area contributed by atoms with Crippen molar-refractivity contribution < 1.29 is 23.8 Å². The maximum absolute atomic E-state index is 16.7. The number of anilines is 1. The van der Waals surface area contributed by atoms with Gasteiger partial charge in [-0.15, -0.1) is 0 Å². The average molecular weight is 634 g/mol. The lowest BCUT2D eigenvalue weighted by Crippen LogP contribution is -2.51. The van der Waals surface area contributed by atoms with Crippen LogP contribution in [0.2, 0.25) is 0 Å². The number of ether oxygens (including phenoxy) is 2. The highest BCUT2D eigenvalue weighted by Gasteiger charge is 2.35. The van der Waals surface area contributed by atoms with Gasteiger partial charge in [0.1, 0.15) is 30.3 Å². The van der Waals surface area contributed by atoms with Gasteiger partial charge in [-0.2, -0.15) is 9.97 Å². The second kappa shape index (κ2) is 12.3. The molecule has 9 nitrogen and oxygen atoms in total.